The highest BCUT2D eigenvalue weighted by Crippen LogP contribution is 2.32. The van der Waals surface area contributed by atoms with Gasteiger partial charge in [0.1, 0.15) is 5.03 Å². The van der Waals surface area contributed by atoms with Crippen LogP contribution in [-0.4, -0.2) is 43.6 Å². The fourth-order valence-electron chi connectivity index (χ4n) is 3.54. The number of para-hydroxylation sites is 2. The molecule has 1 aromatic carbocycles. The molecule has 0 saturated heterocycles. The first-order valence-corrected chi connectivity index (χ1v) is 10.6. The first kappa shape index (κ1) is 20.1. The van der Waals surface area contributed by atoms with Crippen LogP contribution < -0.4 is 10.2 Å². The average molecular weight is 423 g/mol. The van der Waals surface area contributed by atoms with Gasteiger partial charge in [-0.05, 0) is 51.1 Å². The van der Waals surface area contributed by atoms with Gasteiger partial charge in [0.2, 0.25) is 11.8 Å². The van der Waals surface area contributed by atoms with Crippen molar-refractivity contribution in [2.75, 3.05) is 16.0 Å². The van der Waals surface area contributed by atoms with Gasteiger partial charge in [-0.1, -0.05) is 23.9 Å². The first-order chi connectivity index (χ1) is 14.4. The summed E-state index contributed by atoms with van der Waals surface area (Å²) in [7, 11) is 0. The molecule has 0 radical (unpaired) electrons. The topological polar surface area (TPSA) is 93.0 Å². The lowest BCUT2D eigenvalue weighted by molar-refractivity contribution is -0.117. The van der Waals surface area contributed by atoms with Gasteiger partial charge in [-0.15, -0.1) is 10.2 Å². The van der Waals surface area contributed by atoms with Gasteiger partial charge < -0.3 is 10.2 Å². The van der Waals surface area contributed by atoms with Crippen LogP contribution >= 0.6 is 11.8 Å². The lowest BCUT2D eigenvalue weighted by Gasteiger charge is -2.27. The third-order valence-electron chi connectivity index (χ3n) is 4.82. The Kier molecular flexibility index (Phi) is 5.54. The number of hydrogen-bond donors (Lipinski definition) is 1. The zero-order valence-corrected chi connectivity index (χ0v) is 17.8. The summed E-state index contributed by atoms with van der Waals surface area (Å²) in [4.78, 5) is 26.8. The van der Waals surface area contributed by atoms with Crippen LogP contribution in [0, 0.1) is 13.8 Å². The maximum Gasteiger partial charge on any atom is 0.237 e. The molecule has 2 amide bonds. The second kappa shape index (κ2) is 8.27. The van der Waals surface area contributed by atoms with Gasteiger partial charge in [0.15, 0.2) is 5.82 Å². The predicted molar refractivity (Wildman–Crippen MR) is 116 cm³/mol. The molecule has 0 spiro atoms. The molecule has 1 atom stereocenters. The van der Waals surface area contributed by atoms with Crippen LogP contribution in [0.5, 0.6) is 0 Å². The molecule has 2 aromatic heterocycles. The van der Waals surface area contributed by atoms with Crippen molar-refractivity contribution in [3.8, 4) is 5.82 Å². The van der Waals surface area contributed by atoms with Gasteiger partial charge in [0.05, 0.1) is 22.8 Å². The molecule has 1 N–H and O–H groups in total. The molecule has 0 bridgehead atoms. The highest BCUT2D eigenvalue weighted by atomic mass is 32.2. The highest BCUT2D eigenvalue weighted by Gasteiger charge is 2.29. The second-order valence-corrected chi connectivity index (χ2v) is 8.24. The van der Waals surface area contributed by atoms with Gasteiger partial charge in [-0.25, -0.2) is 4.68 Å². The minimum absolute atomic E-state index is 0.0825. The van der Waals surface area contributed by atoms with E-state index in [0.717, 1.165) is 11.4 Å². The molecule has 8 nitrogen and oxygen atoms in total. The van der Waals surface area contributed by atoms with Crippen LogP contribution in [0.3, 0.4) is 0 Å². The van der Waals surface area contributed by atoms with E-state index < -0.39 is 0 Å². The van der Waals surface area contributed by atoms with Gasteiger partial charge >= 0.3 is 0 Å². The average Bonchev–Trinajstić information content (AvgIpc) is 2.99. The van der Waals surface area contributed by atoms with Crippen molar-refractivity contribution in [1.82, 2.24) is 20.0 Å². The van der Waals surface area contributed by atoms with Gasteiger partial charge in [-0.3, -0.25) is 9.59 Å². The van der Waals surface area contributed by atoms with Crippen molar-refractivity contribution in [3.05, 3.63) is 53.9 Å². The molecule has 4 rings (SSSR count). The number of benzene rings is 1. The van der Waals surface area contributed by atoms with Crippen LogP contribution in [-0.2, 0) is 9.59 Å². The van der Waals surface area contributed by atoms with Crippen LogP contribution in [0.2, 0.25) is 0 Å². The number of amides is 2. The minimum atomic E-state index is -0.235. The molecule has 1 aliphatic heterocycles. The third-order valence-corrected chi connectivity index (χ3v) is 5.73. The molecule has 3 heterocycles. The third kappa shape index (κ3) is 4.06. The lowest BCUT2D eigenvalue weighted by atomic mass is 10.2. The zero-order valence-electron chi connectivity index (χ0n) is 17.0. The number of rotatable bonds is 4. The number of thioether (sulfide) groups is 1. The quantitative estimate of drug-likeness (QED) is 0.650. The Bertz CT molecular complexity index is 1100. The Morgan fingerprint density at radius 3 is 2.70 bits per heavy atom. The molecule has 1 aliphatic rings. The summed E-state index contributed by atoms with van der Waals surface area (Å²) < 4.78 is 1.74. The summed E-state index contributed by atoms with van der Waals surface area (Å²) in [6.45, 7) is 5.77. The lowest BCUT2D eigenvalue weighted by Crippen LogP contribution is -2.40. The van der Waals surface area contributed by atoms with E-state index >= 15 is 0 Å². The summed E-state index contributed by atoms with van der Waals surface area (Å²) in [5.41, 5.74) is 3.26. The number of carbonyl (C=O) groups is 2. The molecule has 0 aliphatic carbocycles. The molecule has 154 valence electrons. The van der Waals surface area contributed by atoms with Crippen LogP contribution in [0.25, 0.3) is 5.82 Å². The Hall–Kier alpha value is -3.20. The van der Waals surface area contributed by atoms with Crippen molar-refractivity contribution < 1.29 is 9.59 Å². The Labute approximate surface area is 178 Å². The molecular formula is C21H22N6O2S. The number of aryl methyl sites for hydroxylation is 2. The number of hydrogen-bond acceptors (Lipinski definition) is 6. The summed E-state index contributed by atoms with van der Waals surface area (Å²) in [6.07, 6.45) is 0.252. The predicted octanol–water partition coefficient (Wildman–Crippen LogP) is 3.14. The van der Waals surface area contributed by atoms with Gasteiger partial charge in [0.25, 0.3) is 0 Å². The maximum atomic E-state index is 13.0. The Balaban J connectivity index is 1.48. The summed E-state index contributed by atoms with van der Waals surface area (Å²) >= 11 is 1.32. The normalized spacial score (nSPS) is 16.0. The SMILES string of the molecule is Cc1cc(C)n(-c2ccc(SCC(=O)N3c4ccccc4NC(=O)C[C@@H]3C)nn2)n1. The number of anilines is 2. The van der Waals surface area contributed by atoms with E-state index in [9.17, 15) is 9.59 Å². The van der Waals surface area contributed by atoms with E-state index in [1.165, 1.54) is 11.8 Å². The van der Waals surface area contributed by atoms with Crippen molar-refractivity contribution in [2.24, 2.45) is 0 Å². The van der Waals surface area contributed by atoms with Crippen LogP contribution in [0.15, 0.2) is 47.5 Å². The summed E-state index contributed by atoms with van der Waals surface area (Å²) in [5, 5.41) is 16.4. The van der Waals surface area contributed by atoms with E-state index in [1.807, 2.05) is 63.2 Å². The summed E-state index contributed by atoms with van der Waals surface area (Å²) in [6, 6.07) is 12.8. The largest absolute Gasteiger partial charge is 0.324 e. The van der Waals surface area contributed by atoms with Gasteiger partial charge in [-0.2, -0.15) is 5.10 Å². The molecular weight excluding hydrogens is 400 g/mol. The molecule has 30 heavy (non-hydrogen) atoms. The molecule has 0 saturated carbocycles. The van der Waals surface area contributed by atoms with E-state index in [-0.39, 0.29) is 30.0 Å². The number of aromatic nitrogens is 4. The molecule has 0 fully saturated rings. The van der Waals surface area contributed by atoms with Gasteiger partial charge in [0, 0.05) is 18.2 Å². The van der Waals surface area contributed by atoms with E-state index in [2.05, 4.69) is 20.6 Å². The molecule has 0 unspecified atom stereocenters. The van der Waals surface area contributed by atoms with Crippen LogP contribution in [0.1, 0.15) is 24.7 Å². The van der Waals surface area contributed by atoms with Crippen LogP contribution in [0.4, 0.5) is 11.4 Å². The van der Waals surface area contributed by atoms with Crippen molar-refractivity contribution >= 4 is 35.0 Å². The summed E-state index contributed by atoms with van der Waals surface area (Å²) in [5.74, 6) is 0.654. The van der Waals surface area contributed by atoms with E-state index in [0.29, 0.717) is 22.2 Å². The monoisotopic (exact) mass is 422 g/mol. The fraction of sp³-hybridized carbons (Fsp3) is 0.286. The number of carbonyl (C=O) groups excluding carboxylic acids is 2. The van der Waals surface area contributed by atoms with Crippen molar-refractivity contribution in [3.63, 3.8) is 0 Å². The Morgan fingerprint density at radius 2 is 2.00 bits per heavy atom. The standard InChI is InChI=1S/C21H22N6O2S/c1-13-10-15(3)27(25-13)18-8-9-20(24-23-18)30-12-21(29)26-14(2)11-19(28)22-16-6-4-5-7-17(16)26/h4-10,14H,11-12H2,1-3H3,(H,22,28)/t14-/m0/s1. The maximum absolute atomic E-state index is 13.0. The number of fused-ring (bicyclic) bond motifs is 1. The number of nitrogens with one attached hydrogen (secondary N) is 1. The molecule has 9 heteroatoms. The van der Waals surface area contributed by atoms with E-state index in [1.54, 1.807) is 9.58 Å². The van der Waals surface area contributed by atoms with Crippen molar-refractivity contribution in [2.45, 2.75) is 38.3 Å². The minimum Gasteiger partial charge on any atom is -0.324 e. The number of nitrogens with zero attached hydrogens (tertiary/aromatic N) is 5. The smallest absolute Gasteiger partial charge is 0.237 e. The first-order valence-electron chi connectivity index (χ1n) is 9.63. The van der Waals surface area contributed by atoms with E-state index in [4.69, 9.17) is 0 Å². The fourth-order valence-corrected chi connectivity index (χ4v) is 4.21. The van der Waals surface area contributed by atoms with Crippen molar-refractivity contribution in [1.29, 1.82) is 0 Å². The Morgan fingerprint density at radius 1 is 1.20 bits per heavy atom. The highest BCUT2D eigenvalue weighted by molar-refractivity contribution is 7.99. The second-order valence-electron chi connectivity index (χ2n) is 7.24. The molecule has 3 aromatic rings. The zero-order chi connectivity index (χ0) is 21.3.